The Hall–Kier alpha value is -6.34. The van der Waals surface area contributed by atoms with E-state index in [2.05, 4.69) is 82.8 Å². The number of benzene rings is 4. The molecule has 6 radical (unpaired) electrons. The SMILES string of the molecule is [B]C(=C)/C(C1=C(N2c3ccccc3C3c4c(c5ccccc5n4-c4nc(-c5ccccc5)nc(-c5ccccc5)n4)C=CC32)CCC=C1)=C([B])\C(O)=C(\[B])C. The molecule has 2 atom stereocenters. The third-order valence-electron chi connectivity index (χ3n) is 10.7. The lowest BCUT2D eigenvalue weighted by molar-refractivity contribution is 0.425. The van der Waals surface area contributed by atoms with E-state index >= 15 is 0 Å². The van der Waals surface area contributed by atoms with E-state index in [0.29, 0.717) is 23.2 Å². The van der Waals surface area contributed by atoms with Gasteiger partial charge in [-0.2, -0.15) is 9.97 Å². The molecule has 0 amide bonds. The monoisotopic (exact) mass is 705 g/mol. The molecular formula is C46H34B3N5O. The zero-order valence-corrected chi connectivity index (χ0v) is 30.4. The first kappa shape index (κ1) is 34.4. The van der Waals surface area contributed by atoms with Gasteiger partial charge in [0.25, 0.3) is 0 Å². The molecule has 2 aliphatic carbocycles. The molecule has 0 saturated carbocycles. The average molecular weight is 705 g/mol. The summed E-state index contributed by atoms with van der Waals surface area (Å²) in [5.41, 5.74) is 10.1. The van der Waals surface area contributed by atoms with Crippen LogP contribution in [0.15, 0.2) is 173 Å². The van der Waals surface area contributed by atoms with Crippen molar-refractivity contribution in [3.8, 4) is 28.7 Å². The van der Waals surface area contributed by atoms with Crippen molar-refractivity contribution in [2.75, 3.05) is 4.90 Å². The van der Waals surface area contributed by atoms with E-state index < -0.39 is 0 Å². The number of aromatic nitrogens is 4. The van der Waals surface area contributed by atoms with E-state index in [9.17, 15) is 5.11 Å². The molecule has 4 aromatic carbocycles. The van der Waals surface area contributed by atoms with Gasteiger partial charge >= 0.3 is 0 Å². The highest BCUT2D eigenvalue weighted by Gasteiger charge is 2.45. The minimum atomic E-state index is -0.207. The van der Waals surface area contributed by atoms with Crippen molar-refractivity contribution in [3.05, 3.63) is 190 Å². The zero-order chi connectivity index (χ0) is 37.8. The smallest absolute Gasteiger partial charge is 0.238 e. The number of allylic oxidation sites excluding steroid dienone is 8. The highest BCUT2D eigenvalue weighted by molar-refractivity contribution is 6.31. The fourth-order valence-corrected chi connectivity index (χ4v) is 8.32. The summed E-state index contributed by atoms with van der Waals surface area (Å²) in [7, 11) is 19.1. The van der Waals surface area contributed by atoms with E-state index in [4.69, 9.17) is 38.5 Å². The number of hydrogen-bond donors (Lipinski definition) is 1. The third-order valence-corrected chi connectivity index (χ3v) is 10.7. The quantitative estimate of drug-likeness (QED) is 0.102. The topological polar surface area (TPSA) is 67.1 Å². The van der Waals surface area contributed by atoms with Gasteiger partial charge in [-0.05, 0) is 54.1 Å². The maximum atomic E-state index is 10.9. The van der Waals surface area contributed by atoms with Crippen LogP contribution in [0.4, 0.5) is 5.69 Å². The molecule has 3 aliphatic rings. The van der Waals surface area contributed by atoms with Crippen molar-refractivity contribution in [2.45, 2.75) is 31.7 Å². The summed E-state index contributed by atoms with van der Waals surface area (Å²) >= 11 is 0. The van der Waals surface area contributed by atoms with Crippen molar-refractivity contribution < 1.29 is 5.11 Å². The Morgan fingerprint density at radius 2 is 1.42 bits per heavy atom. The molecule has 9 rings (SSSR count). The summed E-state index contributed by atoms with van der Waals surface area (Å²) in [6.45, 7) is 5.69. The van der Waals surface area contributed by atoms with Gasteiger partial charge in [-0.3, -0.25) is 4.57 Å². The largest absolute Gasteiger partial charge is 0.510 e. The first-order valence-electron chi connectivity index (χ1n) is 18.4. The summed E-state index contributed by atoms with van der Waals surface area (Å²) in [4.78, 5) is 17.8. The van der Waals surface area contributed by atoms with E-state index in [0.717, 1.165) is 63.1 Å². The lowest BCUT2D eigenvalue weighted by Gasteiger charge is -2.36. The number of rotatable bonds is 7. The second-order valence-electron chi connectivity index (χ2n) is 14.1. The molecule has 0 saturated heterocycles. The van der Waals surface area contributed by atoms with Crippen molar-refractivity contribution in [1.82, 2.24) is 19.5 Å². The van der Waals surface area contributed by atoms with Crippen LogP contribution in [0.3, 0.4) is 0 Å². The van der Waals surface area contributed by atoms with Crippen LogP contribution in [-0.2, 0) is 0 Å². The maximum Gasteiger partial charge on any atom is 0.238 e. The molecule has 1 aliphatic heterocycles. The lowest BCUT2D eigenvalue weighted by Crippen LogP contribution is -2.35. The van der Waals surface area contributed by atoms with Gasteiger partial charge in [0.2, 0.25) is 5.95 Å². The highest BCUT2D eigenvalue weighted by atomic mass is 16.3. The molecule has 9 heteroatoms. The normalized spacial score (nSPS) is 18.1. The fraction of sp³-hybridized carbons (Fsp3) is 0.109. The molecule has 6 nitrogen and oxygen atoms in total. The van der Waals surface area contributed by atoms with Gasteiger partial charge < -0.3 is 10.0 Å². The second-order valence-corrected chi connectivity index (χ2v) is 14.1. The van der Waals surface area contributed by atoms with Gasteiger partial charge in [-0.1, -0.05) is 132 Å². The summed E-state index contributed by atoms with van der Waals surface area (Å²) in [5, 5.41) is 12.0. The first-order chi connectivity index (χ1) is 26.8. The summed E-state index contributed by atoms with van der Waals surface area (Å²) in [5.74, 6) is 1.43. The predicted octanol–water partition coefficient (Wildman–Crippen LogP) is 9.16. The molecule has 55 heavy (non-hydrogen) atoms. The van der Waals surface area contributed by atoms with Crippen molar-refractivity contribution >= 4 is 46.2 Å². The van der Waals surface area contributed by atoms with Crippen LogP contribution in [0.25, 0.3) is 45.7 Å². The number of nitrogens with zero attached hydrogens (tertiary/aromatic N) is 5. The molecule has 3 heterocycles. The highest BCUT2D eigenvalue weighted by Crippen LogP contribution is 2.53. The molecular weight excluding hydrogens is 671 g/mol. The standard InChI is InChI=1S/C46H34B3N5O/c1-27(47)39(41(49)43(55)28(2)48)33-20-10-13-23-36(33)53-37-24-14-11-21-34(37)40-38(53)26-25-32-31-19-9-12-22-35(31)54(42(32)40)46-51-44(29-15-5-3-6-16-29)50-45(52-46)30-17-7-4-8-18-30/h3-12,14-22,24-26,38,40,55H,1,13,23H2,2H3/b41-39-,43-28-. The van der Waals surface area contributed by atoms with Crippen molar-refractivity contribution in [3.63, 3.8) is 0 Å². The molecule has 0 bridgehead atoms. The first-order valence-corrected chi connectivity index (χ1v) is 18.4. The van der Waals surface area contributed by atoms with Crippen LogP contribution in [0.5, 0.6) is 0 Å². The number of anilines is 1. The van der Waals surface area contributed by atoms with Crippen molar-refractivity contribution in [1.29, 1.82) is 0 Å². The lowest BCUT2D eigenvalue weighted by atomic mass is 9.73. The number of para-hydroxylation sites is 2. The molecule has 1 N–H and O–H groups in total. The Morgan fingerprint density at radius 3 is 2.09 bits per heavy atom. The number of fused-ring (bicyclic) bond motifs is 7. The third kappa shape index (κ3) is 5.73. The molecule has 2 unspecified atom stereocenters. The summed E-state index contributed by atoms with van der Waals surface area (Å²) in [6, 6.07) is 37.0. The minimum absolute atomic E-state index is 0.0930. The van der Waals surface area contributed by atoms with Crippen LogP contribution in [0.1, 0.15) is 42.5 Å². The van der Waals surface area contributed by atoms with E-state index in [1.54, 1.807) is 6.92 Å². The number of hydrogen-bond acceptors (Lipinski definition) is 5. The Bertz CT molecular complexity index is 2630. The van der Waals surface area contributed by atoms with Crippen LogP contribution >= 0.6 is 0 Å². The predicted molar refractivity (Wildman–Crippen MR) is 225 cm³/mol. The Kier molecular flexibility index (Phi) is 8.65. The maximum absolute atomic E-state index is 10.9. The van der Waals surface area contributed by atoms with Gasteiger partial charge in [0.1, 0.15) is 23.5 Å². The van der Waals surface area contributed by atoms with Crippen LogP contribution in [0.2, 0.25) is 0 Å². The minimum Gasteiger partial charge on any atom is -0.510 e. The Morgan fingerprint density at radius 1 is 0.782 bits per heavy atom. The van der Waals surface area contributed by atoms with Crippen molar-refractivity contribution in [2.24, 2.45) is 0 Å². The van der Waals surface area contributed by atoms with Gasteiger partial charge in [0, 0.05) is 39.2 Å². The molecule has 0 fully saturated rings. The molecule has 258 valence electrons. The Balaban J connectivity index is 1.30. The van der Waals surface area contributed by atoms with E-state index in [-0.39, 0.29) is 34.1 Å². The average Bonchev–Trinajstić information content (AvgIpc) is 3.74. The number of aliphatic hydroxyl groups excluding tert-OH is 1. The zero-order valence-electron chi connectivity index (χ0n) is 30.4. The fourth-order valence-electron chi connectivity index (χ4n) is 8.32. The second kappa shape index (κ2) is 13.8. The summed E-state index contributed by atoms with van der Waals surface area (Å²) in [6.07, 6.45) is 10.2. The van der Waals surface area contributed by atoms with Crippen LogP contribution in [0, 0.1) is 0 Å². The Labute approximate surface area is 324 Å². The van der Waals surface area contributed by atoms with E-state index in [1.807, 2.05) is 66.7 Å². The molecule has 6 aromatic rings. The van der Waals surface area contributed by atoms with Gasteiger partial charge in [0.15, 0.2) is 11.6 Å². The van der Waals surface area contributed by atoms with Gasteiger partial charge in [0.05, 0.1) is 23.2 Å². The summed E-state index contributed by atoms with van der Waals surface area (Å²) < 4.78 is 2.24. The number of aliphatic hydroxyl groups is 1. The van der Waals surface area contributed by atoms with Gasteiger partial charge in [-0.15, -0.1) is 6.58 Å². The van der Waals surface area contributed by atoms with Crippen LogP contribution in [-0.4, -0.2) is 54.2 Å². The molecule has 0 spiro atoms. The van der Waals surface area contributed by atoms with E-state index in [1.165, 1.54) is 5.56 Å². The van der Waals surface area contributed by atoms with Crippen LogP contribution < -0.4 is 4.90 Å². The molecule has 2 aromatic heterocycles. The van der Waals surface area contributed by atoms with Gasteiger partial charge in [-0.25, -0.2) is 4.98 Å².